The number of carbonyl (C=O) groups is 1. The number of rotatable bonds is 6. The highest BCUT2D eigenvalue weighted by Crippen LogP contribution is 2.32. The summed E-state index contributed by atoms with van der Waals surface area (Å²) in [5, 5.41) is 9.28. The van der Waals surface area contributed by atoms with E-state index in [4.69, 9.17) is 0 Å². The van der Waals surface area contributed by atoms with E-state index in [1.807, 2.05) is 39.2 Å². The quantitative estimate of drug-likeness (QED) is 0.695. The Kier molecular flexibility index (Phi) is 5.23. The molecule has 0 saturated heterocycles. The Morgan fingerprint density at radius 1 is 1.19 bits per heavy atom. The van der Waals surface area contributed by atoms with E-state index in [1.54, 1.807) is 12.3 Å². The molecule has 1 amide bonds. The molecule has 0 atom stereocenters. The van der Waals surface area contributed by atoms with Crippen LogP contribution in [0.5, 0.6) is 0 Å². The van der Waals surface area contributed by atoms with E-state index in [0.717, 1.165) is 30.0 Å². The van der Waals surface area contributed by atoms with Crippen LogP contribution < -0.4 is 16.0 Å². The summed E-state index contributed by atoms with van der Waals surface area (Å²) in [6.45, 7) is 3.85. The molecule has 3 rings (SSSR count). The van der Waals surface area contributed by atoms with Crippen molar-refractivity contribution in [2.75, 3.05) is 43.1 Å². The smallest absolute Gasteiger partial charge is 0.257 e. The van der Waals surface area contributed by atoms with Crippen LogP contribution in [0.15, 0.2) is 42.6 Å². The van der Waals surface area contributed by atoms with Gasteiger partial charge in [0.15, 0.2) is 0 Å². The van der Waals surface area contributed by atoms with Crippen molar-refractivity contribution in [3.8, 4) is 0 Å². The van der Waals surface area contributed by atoms with Gasteiger partial charge in [-0.25, -0.2) is 4.39 Å². The van der Waals surface area contributed by atoms with Gasteiger partial charge in [-0.05, 0) is 63.0 Å². The van der Waals surface area contributed by atoms with Crippen LogP contribution in [-0.2, 0) is 4.79 Å². The summed E-state index contributed by atoms with van der Waals surface area (Å²) in [5.41, 5.74) is 4.67. The predicted molar refractivity (Wildman–Crippen MR) is 105 cm³/mol. The highest BCUT2D eigenvalue weighted by atomic mass is 19.1. The minimum absolute atomic E-state index is 0.239. The Hall–Kier alpha value is -2.86. The van der Waals surface area contributed by atoms with Gasteiger partial charge in [-0.2, -0.15) is 0 Å². The van der Waals surface area contributed by atoms with Crippen molar-refractivity contribution in [3.63, 3.8) is 0 Å². The number of nitrogens with one attached hydrogen (secondary N) is 3. The molecule has 0 fully saturated rings. The second kappa shape index (κ2) is 7.58. The van der Waals surface area contributed by atoms with Gasteiger partial charge in [0.05, 0.1) is 5.57 Å². The predicted octanol–water partition coefficient (Wildman–Crippen LogP) is 3.51. The number of hydrogen-bond donors (Lipinski definition) is 3. The standard InChI is InChI=1S/C20H23FN4O/c1-13-10-15(5-7-18(13)22-8-9-25(2)3)23-12-17-16-11-14(21)4-6-19(16)24-20(17)26/h4-7,10-12,22-23H,8-9H2,1-3H3,(H,24,26). The number of carbonyl (C=O) groups excluding carboxylic acids is 1. The van der Waals surface area contributed by atoms with Gasteiger partial charge in [0.1, 0.15) is 5.82 Å². The van der Waals surface area contributed by atoms with Gasteiger partial charge < -0.3 is 20.9 Å². The molecule has 0 saturated carbocycles. The Bertz CT molecular complexity index is 861. The third-order valence-electron chi connectivity index (χ3n) is 4.25. The first-order valence-electron chi connectivity index (χ1n) is 8.51. The van der Waals surface area contributed by atoms with E-state index in [1.165, 1.54) is 12.1 Å². The molecule has 1 aliphatic rings. The molecule has 0 radical (unpaired) electrons. The Morgan fingerprint density at radius 3 is 2.73 bits per heavy atom. The molecule has 3 N–H and O–H groups in total. The molecule has 0 unspecified atom stereocenters. The van der Waals surface area contributed by atoms with Gasteiger partial charge in [0.25, 0.3) is 5.91 Å². The van der Waals surface area contributed by atoms with Gasteiger partial charge in [-0.15, -0.1) is 0 Å². The van der Waals surface area contributed by atoms with E-state index < -0.39 is 0 Å². The molecule has 5 nitrogen and oxygen atoms in total. The van der Waals surface area contributed by atoms with E-state index in [-0.39, 0.29) is 11.7 Å². The SMILES string of the molecule is Cc1cc(NC=C2C(=O)Nc3ccc(F)cc32)ccc1NCCN(C)C. The number of fused-ring (bicyclic) bond motifs is 1. The molecule has 0 aromatic heterocycles. The molecule has 2 aromatic carbocycles. The van der Waals surface area contributed by atoms with Crippen LogP contribution in [-0.4, -0.2) is 38.0 Å². The fourth-order valence-corrected chi connectivity index (χ4v) is 2.83. The summed E-state index contributed by atoms with van der Waals surface area (Å²) < 4.78 is 13.5. The summed E-state index contributed by atoms with van der Waals surface area (Å²) in [4.78, 5) is 14.2. The molecule has 136 valence electrons. The average molecular weight is 354 g/mol. The summed E-state index contributed by atoms with van der Waals surface area (Å²) in [7, 11) is 4.08. The number of likely N-dealkylation sites (N-methyl/N-ethyl adjacent to an activating group) is 1. The number of anilines is 3. The average Bonchev–Trinajstić information content (AvgIpc) is 2.89. The first kappa shape index (κ1) is 17.9. The van der Waals surface area contributed by atoms with Crippen LogP contribution in [0.25, 0.3) is 5.57 Å². The van der Waals surface area contributed by atoms with Crippen molar-refractivity contribution in [1.82, 2.24) is 4.90 Å². The highest BCUT2D eigenvalue weighted by Gasteiger charge is 2.24. The number of halogens is 1. The zero-order chi connectivity index (χ0) is 18.7. The first-order chi connectivity index (χ1) is 12.4. The number of hydrogen-bond acceptors (Lipinski definition) is 4. The maximum absolute atomic E-state index is 13.5. The summed E-state index contributed by atoms with van der Waals surface area (Å²) in [6.07, 6.45) is 1.62. The molecule has 0 aliphatic carbocycles. The minimum atomic E-state index is -0.366. The van der Waals surface area contributed by atoms with Crippen LogP contribution in [0.1, 0.15) is 11.1 Å². The highest BCUT2D eigenvalue weighted by molar-refractivity contribution is 6.31. The van der Waals surface area contributed by atoms with E-state index in [2.05, 4.69) is 20.9 Å². The summed E-state index contributed by atoms with van der Waals surface area (Å²) in [6, 6.07) is 10.2. The maximum Gasteiger partial charge on any atom is 0.257 e. The number of aryl methyl sites for hydroxylation is 1. The van der Waals surface area contributed by atoms with Crippen molar-refractivity contribution in [2.24, 2.45) is 0 Å². The number of nitrogens with zero attached hydrogens (tertiary/aromatic N) is 1. The molecular formula is C20H23FN4O. The molecule has 26 heavy (non-hydrogen) atoms. The lowest BCUT2D eigenvalue weighted by Crippen LogP contribution is -2.21. The lowest BCUT2D eigenvalue weighted by atomic mass is 10.1. The van der Waals surface area contributed by atoms with Crippen molar-refractivity contribution in [3.05, 3.63) is 59.5 Å². The van der Waals surface area contributed by atoms with Crippen molar-refractivity contribution in [1.29, 1.82) is 0 Å². The van der Waals surface area contributed by atoms with Crippen molar-refractivity contribution >= 4 is 28.5 Å². The second-order valence-electron chi connectivity index (χ2n) is 6.61. The zero-order valence-corrected chi connectivity index (χ0v) is 15.2. The van der Waals surface area contributed by atoms with Crippen molar-refractivity contribution < 1.29 is 9.18 Å². The lowest BCUT2D eigenvalue weighted by Gasteiger charge is -2.14. The van der Waals surface area contributed by atoms with Crippen LogP contribution in [0, 0.1) is 12.7 Å². The van der Waals surface area contributed by atoms with Gasteiger partial charge in [0, 0.05) is 41.9 Å². The molecule has 0 bridgehead atoms. The summed E-state index contributed by atoms with van der Waals surface area (Å²) in [5.74, 6) is -0.605. The molecule has 2 aromatic rings. The topological polar surface area (TPSA) is 56.4 Å². The lowest BCUT2D eigenvalue weighted by molar-refractivity contribution is -0.110. The summed E-state index contributed by atoms with van der Waals surface area (Å²) >= 11 is 0. The van der Waals surface area contributed by atoms with Crippen LogP contribution in [0.4, 0.5) is 21.5 Å². The normalized spacial score (nSPS) is 14.5. The molecule has 0 spiro atoms. The van der Waals surface area contributed by atoms with Gasteiger partial charge in [-0.1, -0.05) is 0 Å². The number of amides is 1. The van der Waals surface area contributed by atoms with E-state index in [9.17, 15) is 9.18 Å². The Labute approximate surface area is 152 Å². The monoisotopic (exact) mass is 354 g/mol. The second-order valence-corrected chi connectivity index (χ2v) is 6.61. The molecular weight excluding hydrogens is 331 g/mol. The third kappa shape index (κ3) is 4.03. The fraction of sp³-hybridized carbons (Fsp3) is 0.250. The molecule has 6 heteroatoms. The van der Waals surface area contributed by atoms with Crippen LogP contribution in [0.3, 0.4) is 0 Å². The Balaban J connectivity index is 1.72. The van der Waals surface area contributed by atoms with Crippen LogP contribution in [0.2, 0.25) is 0 Å². The fourth-order valence-electron chi connectivity index (χ4n) is 2.83. The van der Waals surface area contributed by atoms with E-state index >= 15 is 0 Å². The first-order valence-corrected chi connectivity index (χ1v) is 8.51. The molecule has 1 aliphatic heterocycles. The minimum Gasteiger partial charge on any atom is -0.384 e. The Morgan fingerprint density at radius 2 is 2.00 bits per heavy atom. The van der Waals surface area contributed by atoms with Gasteiger partial charge in [0.2, 0.25) is 0 Å². The van der Waals surface area contributed by atoms with E-state index in [0.29, 0.717) is 16.8 Å². The third-order valence-corrected chi connectivity index (χ3v) is 4.25. The van der Waals surface area contributed by atoms with Crippen LogP contribution >= 0.6 is 0 Å². The molecule has 1 heterocycles. The largest absolute Gasteiger partial charge is 0.384 e. The van der Waals surface area contributed by atoms with Gasteiger partial charge in [-0.3, -0.25) is 4.79 Å². The van der Waals surface area contributed by atoms with Gasteiger partial charge >= 0.3 is 0 Å². The maximum atomic E-state index is 13.5. The van der Waals surface area contributed by atoms with Crippen molar-refractivity contribution in [2.45, 2.75) is 6.92 Å². The zero-order valence-electron chi connectivity index (χ0n) is 15.2. The number of benzene rings is 2.